The van der Waals surface area contributed by atoms with Gasteiger partial charge in [-0.25, -0.2) is 4.98 Å². The maximum Gasteiger partial charge on any atom is 0.316 e. The van der Waals surface area contributed by atoms with Crippen LogP contribution in [0.3, 0.4) is 0 Å². The van der Waals surface area contributed by atoms with Gasteiger partial charge in [-0.15, -0.1) is 11.8 Å². The Bertz CT molecular complexity index is 298. The van der Waals surface area contributed by atoms with Crippen LogP contribution in [-0.4, -0.2) is 25.9 Å². The molecule has 1 unspecified atom stereocenters. The molecule has 0 aliphatic carbocycles. The number of carboxylic acid groups (broad SMARTS) is 1. The van der Waals surface area contributed by atoms with Crippen molar-refractivity contribution in [3.05, 3.63) is 18.2 Å². The fourth-order valence-electron chi connectivity index (χ4n) is 0.805. The number of aryl methyl sites for hydroxylation is 1. The Morgan fingerprint density at radius 1 is 1.85 bits per heavy atom. The summed E-state index contributed by atoms with van der Waals surface area (Å²) in [6.07, 6.45) is 3.46. The monoisotopic (exact) mass is 200 g/mol. The van der Waals surface area contributed by atoms with E-state index in [2.05, 4.69) is 4.98 Å². The standard InChI is InChI=1S/C8H12N2O2S/c1-6(8(11)12)13-4-7-3-9-5-10(7)2/h3,5-6H,4H2,1-2H3,(H,11,12). The summed E-state index contributed by atoms with van der Waals surface area (Å²) in [7, 11) is 1.90. The molecule has 0 saturated carbocycles. The molecule has 1 heterocycles. The van der Waals surface area contributed by atoms with Crippen LogP contribution in [0.5, 0.6) is 0 Å². The molecule has 1 atom stereocenters. The minimum Gasteiger partial charge on any atom is -0.480 e. The maximum atomic E-state index is 10.5. The number of aromatic nitrogens is 2. The van der Waals surface area contributed by atoms with Crippen molar-refractivity contribution in [2.45, 2.75) is 17.9 Å². The number of aliphatic carboxylic acids is 1. The van der Waals surface area contributed by atoms with Crippen molar-refractivity contribution in [3.8, 4) is 0 Å². The van der Waals surface area contributed by atoms with E-state index >= 15 is 0 Å². The summed E-state index contributed by atoms with van der Waals surface area (Å²) in [5, 5.41) is 8.27. The molecule has 1 rings (SSSR count). The third-order valence-corrected chi connectivity index (χ3v) is 2.91. The second kappa shape index (κ2) is 4.32. The third kappa shape index (κ3) is 2.77. The molecule has 0 fully saturated rings. The lowest BCUT2D eigenvalue weighted by atomic mass is 10.5. The van der Waals surface area contributed by atoms with Crippen LogP contribution in [0, 0.1) is 0 Å². The molecule has 0 aliphatic rings. The quantitative estimate of drug-likeness (QED) is 0.791. The molecule has 72 valence electrons. The molecule has 4 nitrogen and oxygen atoms in total. The number of thioether (sulfide) groups is 1. The predicted molar refractivity (Wildman–Crippen MR) is 51.6 cm³/mol. The van der Waals surface area contributed by atoms with Crippen molar-refractivity contribution in [2.75, 3.05) is 0 Å². The normalized spacial score (nSPS) is 12.8. The van der Waals surface area contributed by atoms with Gasteiger partial charge in [-0.05, 0) is 6.92 Å². The Morgan fingerprint density at radius 3 is 3.00 bits per heavy atom. The molecule has 13 heavy (non-hydrogen) atoms. The van der Waals surface area contributed by atoms with Gasteiger partial charge >= 0.3 is 5.97 Å². The van der Waals surface area contributed by atoms with Gasteiger partial charge in [0.05, 0.1) is 11.6 Å². The minimum atomic E-state index is -0.771. The first kappa shape index (κ1) is 10.1. The zero-order chi connectivity index (χ0) is 9.84. The molecule has 5 heteroatoms. The summed E-state index contributed by atoms with van der Waals surface area (Å²) in [5.74, 6) is -0.0866. The molecule has 1 aromatic rings. The van der Waals surface area contributed by atoms with Gasteiger partial charge in [0.2, 0.25) is 0 Å². The SMILES string of the molecule is CC(SCc1cncn1C)C(=O)O. The Hall–Kier alpha value is -0.970. The van der Waals surface area contributed by atoms with E-state index in [-0.39, 0.29) is 5.25 Å². The van der Waals surface area contributed by atoms with Gasteiger partial charge in [0.15, 0.2) is 0 Å². The summed E-state index contributed by atoms with van der Waals surface area (Å²) >= 11 is 1.40. The van der Waals surface area contributed by atoms with Crippen molar-refractivity contribution in [1.29, 1.82) is 0 Å². The lowest BCUT2D eigenvalue weighted by Crippen LogP contribution is -2.12. The highest BCUT2D eigenvalue weighted by Crippen LogP contribution is 2.16. The Labute approximate surface area is 81.0 Å². The molecule has 0 amide bonds. The molecule has 0 saturated heterocycles. The highest BCUT2D eigenvalue weighted by molar-refractivity contribution is 7.99. The second-order valence-electron chi connectivity index (χ2n) is 2.79. The van der Waals surface area contributed by atoms with Crippen LogP contribution in [0.2, 0.25) is 0 Å². The largest absolute Gasteiger partial charge is 0.480 e. The van der Waals surface area contributed by atoms with Crippen molar-refractivity contribution in [1.82, 2.24) is 9.55 Å². The Kier molecular flexibility index (Phi) is 3.36. The lowest BCUT2D eigenvalue weighted by Gasteiger charge is -2.05. The predicted octanol–water partition coefficient (Wildman–Crippen LogP) is 1.13. The molecular weight excluding hydrogens is 188 g/mol. The van der Waals surface area contributed by atoms with Gasteiger partial charge < -0.3 is 9.67 Å². The van der Waals surface area contributed by atoms with E-state index in [9.17, 15) is 4.79 Å². The molecule has 0 radical (unpaired) electrons. The summed E-state index contributed by atoms with van der Waals surface area (Å²) in [4.78, 5) is 14.4. The Morgan fingerprint density at radius 2 is 2.54 bits per heavy atom. The Balaban J connectivity index is 2.44. The number of rotatable bonds is 4. The zero-order valence-corrected chi connectivity index (χ0v) is 8.41. The third-order valence-electron chi connectivity index (χ3n) is 1.75. The van der Waals surface area contributed by atoms with Crippen molar-refractivity contribution >= 4 is 17.7 Å². The number of carboxylic acids is 1. The van der Waals surface area contributed by atoms with Gasteiger partial charge in [-0.1, -0.05) is 0 Å². The molecule has 0 aliphatic heterocycles. The summed E-state index contributed by atoms with van der Waals surface area (Å²) in [5.41, 5.74) is 1.04. The van der Waals surface area contributed by atoms with Crippen LogP contribution < -0.4 is 0 Å². The van der Waals surface area contributed by atoms with Crippen LogP contribution in [-0.2, 0) is 17.6 Å². The van der Waals surface area contributed by atoms with Gasteiger partial charge in [0, 0.05) is 24.7 Å². The average Bonchev–Trinajstić information content (AvgIpc) is 2.47. The first-order chi connectivity index (χ1) is 6.11. The fraction of sp³-hybridized carbons (Fsp3) is 0.500. The van der Waals surface area contributed by atoms with E-state index in [1.807, 2.05) is 11.6 Å². The van der Waals surface area contributed by atoms with Gasteiger partial charge in [0.1, 0.15) is 0 Å². The molecule has 1 N–H and O–H groups in total. The molecule has 1 aromatic heterocycles. The minimum absolute atomic E-state index is 0.366. The number of carbonyl (C=O) groups is 1. The van der Waals surface area contributed by atoms with E-state index in [1.54, 1.807) is 19.4 Å². The number of hydrogen-bond donors (Lipinski definition) is 1. The van der Waals surface area contributed by atoms with Gasteiger partial charge in [-0.3, -0.25) is 4.79 Å². The molecular formula is C8H12N2O2S. The lowest BCUT2D eigenvalue weighted by molar-refractivity contribution is -0.136. The highest BCUT2D eigenvalue weighted by atomic mass is 32.2. The molecule has 0 spiro atoms. The summed E-state index contributed by atoms with van der Waals surface area (Å²) < 4.78 is 1.89. The van der Waals surface area contributed by atoms with E-state index < -0.39 is 5.97 Å². The van der Waals surface area contributed by atoms with E-state index in [0.717, 1.165) is 5.69 Å². The number of nitrogens with zero attached hydrogens (tertiary/aromatic N) is 2. The highest BCUT2D eigenvalue weighted by Gasteiger charge is 2.11. The van der Waals surface area contributed by atoms with Crippen LogP contribution in [0.1, 0.15) is 12.6 Å². The van der Waals surface area contributed by atoms with Crippen molar-refractivity contribution in [3.63, 3.8) is 0 Å². The number of imidazole rings is 1. The van der Waals surface area contributed by atoms with Crippen molar-refractivity contribution < 1.29 is 9.90 Å². The smallest absolute Gasteiger partial charge is 0.316 e. The van der Waals surface area contributed by atoms with Crippen molar-refractivity contribution in [2.24, 2.45) is 7.05 Å². The topological polar surface area (TPSA) is 55.1 Å². The van der Waals surface area contributed by atoms with Gasteiger partial charge in [-0.2, -0.15) is 0 Å². The van der Waals surface area contributed by atoms with E-state index in [1.165, 1.54) is 11.8 Å². The summed E-state index contributed by atoms with van der Waals surface area (Å²) in [6.45, 7) is 1.68. The summed E-state index contributed by atoms with van der Waals surface area (Å²) in [6, 6.07) is 0. The number of hydrogen-bond acceptors (Lipinski definition) is 3. The molecule has 0 bridgehead atoms. The van der Waals surface area contributed by atoms with Crippen LogP contribution in [0.25, 0.3) is 0 Å². The van der Waals surface area contributed by atoms with E-state index in [0.29, 0.717) is 5.75 Å². The second-order valence-corrected chi connectivity index (χ2v) is 4.12. The van der Waals surface area contributed by atoms with Gasteiger partial charge in [0.25, 0.3) is 0 Å². The maximum absolute atomic E-state index is 10.5. The zero-order valence-electron chi connectivity index (χ0n) is 7.60. The fourth-order valence-corrected chi connectivity index (χ4v) is 1.65. The van der Waals surface area contributed by atoms with E-state index in [4.69, 9.17) is 5.11 Å². The first-order valence-electron chi connectivity index (χ1n) is 3.91. The van der Waals surface area contributed by atoms with Crippen LogP contribution >= 0.6 is 11.8 Å². The average molecular weight is 200 g/mol. The molecule has 0 aromatic carbocycles. The van der Waals surface area contributed by atoms with Crippen LogP contribution in [0.15, 0.2) is 12.5 Å². The van der Waals surface area contributed by atoms with Crippen LogP contribution in [0.4, 0.5) is 0 Å². The first-order valence-corrected chi connectivity index (χ1v) is 4.95.